The molecule has 3 aliphatic carbocycles. The van der Waals surface area contributed by atoms with Crippen LogP contribution in [0.5, 0.6) is 0 Å². The van der Waals surface area contributed by atoms with Crippen LogP contribution in [0.1, 0.15) is 44.9 Å². The third-order valence-electron chi connectivity index (χ3n) is 5.07. The number of amides is 1. The molecule has 2 unspecified atom stereocenters. The minimum Gasteiger partial charge on any atom is -0.338 e. The van der Waals surface area contributed by atoms with Crippen LogP contribution in [0, 0.1) is 17.8 Å². The maximum absolute atomic E-state index is 12.6. The highest BCUT2D eigenvalue weighted by Gasteiger charge is 2.57. The number of halogens is 1. The lowest BCUT2D eigenvalue weighted by atomic mass is 10.1. The van der Waals surface area contributed by atoms with Gasteiger partial charge in [-0.1, -0.05) is 19.3 Å². The van der Waals surface area contributed by atoms with E-state index in [1.54, 1.807) is 0 Å². The molecule has 3 saturated carbocycles. The number of rotatable bonds is 4. The Morgan fingerprint density at radius 2 is 1.71 bits per heavy atom. The van der Waals surface area contributed by atoms with Gasteiger partial charge < -0.3 is 4.90 Å². The summed E-state index contributed by atoms with van der Waals surface area (Å²) in [5.41, 5.74) is 0. The van der Waals surface area contributed by atoms with Gasteiger partial charge in [-0.3, -0.25) is 4.79 Å². The molecule has 0 heterocycles. The van der Waals surface area contributed by atoms with Crippen LogP contribution < -0.4 is 0 Å². The van der Waals surface area contributed by atoms with Crippen molar-refractivity contribution in [1.82, 2.24) is 4.90 Å². The lowest BCUT2D eigenvalue weighted by Crippen LogP contribution is -2.41. The number of carbonyl (C=O) groups excluding carboxylic acids is 1. The average Bonchev–Trinajstić information content (AvgIpc) is 2.82. The summed E-state index contributed by atoms with van der Waals surface area (Å²) >= 11 is 5.87. The first kappa shape index (κ1) is 11.8. The largest absolute Gasteiger partial charge is 0.338 e. The van der Waals surface area contributed by atoms with Crippen molar-refractivity contribution in [3.8, 4) is 0 Å². The van der Waals surface area contributed by atoms with E-state index >= 15 is 0 Å². The van der Waals surface area contributed by atoms with Crippen molar-refractivity contribution in [3.63, 3.8) is 0 Å². The molecule has 0 aliphatic heterocycles. The molecule has 17 heavy (non-hydrogen) atoms. The predicted molar refractivity (Wildman–Crippen MR) is 69.0 cm³/mol. The van der Waals surface area contributed by atoms with Gasteiger partial charge in [0.1, 0.15) is 0 Å². The van der Waals surface area contributed by atoms with Crippen LogP contribution in [0.2, 0.25) is 0 Å². The van der Waals surface area contributed by atoms with Crippen LogP contribution in [-0.2, 0) is 4.79 Å². The first-order valence-corrected chi connectivity index (χ1v) is 7.73. The van der Waals surface area contributed by atoms with Crippen molar-refractivity contribution in [2.24, 2.45) is 17.8 Å². The van der Waals surface area contributed by atoms with Gasteiger partial charge in [-0.15, -0.1) is 11.6 Å². The molecule has 3 rings (SSSR count). The number of hydrogen-bond acceptors (Lipinski definition) is 1. The molecule has 3 aliphatic rings. The first-order chi connectivity index (χ1) is 8.33. The summed E-state index contributed by atoms with van der Waals surface area (Å²) in [7, 11) is 0. The van der Waals surface area contributed by atoms with Gasteiger partial charge in [-0.25, -0.2) is 0 Å². The Morgan fingerprint density at radius 1 is 1.06 bits per heavy atom. The van der Waals surface area contributed by atoms with Crippen molar-refractivity contribution in [3.05, 3.63) is 0 Å². The van der Waals surface area contributed by atoms with E-state index in [0.717, 1.165) is 18.4 Å². The summed E-state index contributed by atoms with van der Waals surface area (Å²) in [6, 6.07) is 0.502. The summed E-state index contributed by atoms with van der Waals surface area (Å²) in [5, 5.41) is 0. The molecule has 0 saturated heterocycles. The SMILES string of the molecule is O=C(C1C2CCCC21)N(CCCl)C1CCCC1. The van der Waals surface area contributed by atoms with Crippen LogP contribution in [0.4, 0.5) is 0 Å². The van der Waals surface area contributed by atoms with Crippen molar-refractivity contribution in [2.45, 2.75) is 51.0 Å². The second-order valence-electron chi connectivity index (χ2n) is 5.94. The summed E-state index contributed by atoms with van der Waals surface area (Å²) in [5.74, 6) is 2.88. The third kappa shape index (κ3) is 2.09. The van der Waals surface area contributed by atoms with Crippen LogP contribution in [-0.4, -0.2) is 29.3 Å². The fourth-order valence-corrected chi connectivity index (χ4v) is 4.34. The summed E-state index contributed by atoms with van der Waals surface area (Å²) in [4.78, 5) is 14.7. The van der Waals surface area contributed by atoms with Crippen molar-refractivity contribution in [2.75, 3.05) is 12.4 Å². The van der Waals surface area contributed by atoms with Crippen LogP contribution >= 0.6 is 11.6 Å². The molecule has 0 aromatic heterocycles. The van der Waals surface area contributed by atoms with Gasteiger partial charge in [0.25, 0.3) is 0 Å². The molecular formula is C14H22ClNO. The van der Waals surface area contributed by atoms with Crippen molar-refractivity contribution in [1.29, 1.82) is 0 Å². The van der Waals surface area contributed by atoms with Gasteiger partial charge in [-0.2, -0.15) is 0 Å². The number of nitrogens with zero attached hydrogens (tertiary/aromatic N) is 1. The number of alkyl halides is 1. The van der Waals surface area contributed by atoms with E-state index in [1.165, 1.54) is 44.9 Å². The zero-order chi connectivity index (χ0) is 11.8. The molecule has 2 nitrogen and oxygen atoms in total. The summed E-state index contributed by atoms with van der Waals surface area (Å²) in [6.45, 7) is 0.765. The Morgan fingerprint density at radius 3 is 2.29 bits per heavy atom. The molecule has 0 spiro atoms. The van der Waals surface area contributed by atoms with Crippen LogP contribution in [0.3, 0.4) is 0 Å². The molecule has 0 aromatic rings. The van der Waals surface area contributed by atoms with Gasteiger partial charge in [0.15, 0.2) is 0 Å². The quantitative estimate of drug-likeness (QED) is 0.707. The van der Waals surface area contributed by atoms with Gasteiger partial charge in [0.05, 0.1) is 0 Å². The minimum absolute atomic E-state index is 0.382. The van der Waals surface area contributed by atoms with E-state index in [0.29, 0.717) is 23.7 Å². The van der Waals surface area contributed by atoms with Crippen molar-refractivity contribution >= 4 is 17.5 Å². The monoisotopic (exact) mass is 255 g/mol. The Balaban J connectivity index is 1.64. The summed E-state index contributed by atoms with van der Waals surface area (Å²) < 4.78 is 0. The second-order valence-corrected chi connectivity index (χ2v) is 6.32. The van der Waals surface area contributed by atoms with Gasteiger partial charge in [-0.05, 0) is 37.5 Å². The molecule has 0 N–H and O–H groups in total. The predicted octanol–water partition coefficient (Wildman–Crippen LogP) is 3.04. The van der Waals surface area contributed by atoms with Crippen LogP contribution in [0.25, 0.3) is 0 Å². The topological polar surface area (TPSA) is 20.3 Å². The Kier molecular flexibility index (Phi) is 3.34. The maximum atomic E-state index is 12.6. The van der Waals surface area contributed by atoms with Gasteiger partial charge in [0, 0.05) is 24.4 Å². The van der Waals surface area contributed by atoms with Crippen molar-refractivity contribution < 1.29 is 4.79 Å². The zero-order valence-corrected chi connectivity index (χ0v) is 11.2. The fraction of sp³-hybridized carbons (Fsp3) is 0.929. The van der Waals surface area contributed by atoms with E-state index in [-0.39, 0.29) is 0 Å². The highest BCUT2D eigenvalue weighted by atomic mass is 35.5. The molecule has 0 bridgehead atoms. The molecule has 2 atom stereocenters. The van der Waals surface area contributed by atoms with Gasteiger partial charge in [0.2, 0.25) is 5.91 Å². The standard InChI is InChI=1S/C14H22ClNO/c15-8-9-16(10-4-1-2-5-10)14(17)13-11-6-3-7-12(11)13/h10-13H,1-9H2. The molecule has 1 amide bonds. The lowest BCUT2D eigenvalue weighted by molar-refractivity contribution is -0.135. The first-order valence-electron chi connectivity index (χ1n) is 7.19. The van der Waals surface area contributed by atoms with E-state index in [9.17, 15) is 4.79 Å². The highest BCUT2D eigenvalue weighted by Crippen LogP contribution is 2.58. The lowest BCUT2D eigenvalue weighted by Gasteiger charge is -2.29. The van der Waals surface area contributed by atoms with E-state index in [2.05, 4.69) is 4.90 Å². The summed E-state index contributed by atoms with van der Waals surface area (Å²) in [6.07, 6.45) is 8.90. The molecule has 0 aromatic carbocycles. The highest BCUT2D eigenvalue weighted by molar-refractivity contribution is 6.18. The van der Waals surface area contributed by atoms with Crippen LogP contribution in [0.15, 0.2) is 0 Å². The average molecular weight is 256 g/mol. The second kappa shape index (κ2) is 4.79. The molecule has 3 fully saturated rings. The third-order valence-corrected chi connectivity index (χ3v) is 5.23. The molecule has 3 heteroatoms. The van der Waals surface area contributed by atoms with E-state index in [4.69, 9.17) is 11.6 Å². The Labute approximate surface area is 109 Å². The normalized spacial score (nSPS) is 35.9. The van der Waals surface area contributed by atoms with E-state index in [1.807, 2.05) is 0 Å². The van der Waals surface area contributed by atoms with Gasteiger partial charge >= 0.3 is 0 Å². The molecular weight excluding hydrogens is 234 g/mol. The minimum atomic E-state index is 0.382. The molecule has 0 radical (unpaired) electrons. The molecule has 96 valence electrons. The number of fused-ring (bicyclic) bond motifs is 1. The number of carbonyl (C=O) groups is 1. The Hall–Kier alpha value is -0.240. The zero-order valence-electron chi connectivity index (χ0n) is 10.4. The maximum Gasteiger partial charge on any atom is 0.226 e. The van der Waals surface area contributed by atoms with E-state index < -0.39 is 0 Å². The number of hydrogen-bond donors (Lipinski definition) is 0. The Bertz CT molecular complexity index is 291. The fourth-order valence-electron chi connectivity index (χ4n) is 4.16. The smallest absolute Gasteiger partial charge is 0.226 e.